The fraction of sp³-hybridized carbons (Fsp3) is 0.611. The number of carbonyl (C=O) groups excluding carboxylic acids is 1. The van der Waals surface area contributed by atoms with Crippen LogP contribution < -0.4 is 9.47 Å². The molecule has 1 saturated carbocycles. The van der Waals surface area contributed by atoms with Crippen molar-refractivity contribution in [2.24, 2.45) is 5.92 Å². The van der Waals surface area contributed by atoms with Gasteiger partial charge in [0.15, 0.2) is 0 Å². The summed E-state index contributed by atoms with van der Waals surface area (Å²) >= 11 is 0. The van der Waals surface area contributed by atoms with Crippen LogP contribution in [0.5, 0.6) is 11.5 Å². The molecule has 5 heteroatoms. The van der Waals surface area contributed by atoms with Crippen molar-refractivity contribution < 1.29 is 19.0 Å². The highest BCUT2D eigenvalue weighted by atomic mass is 16.5. The minimum Gasteiger partial charge on any atom is -0.497 e. The monoisotopic (exact) mass is 317 g/mol. The Balaban J connectivity index is 1.61. The molecule has 2 heterocycles. The van der Waals surface area contributed by atoms with Crippen LogP contribution in [0.3, 0.4) is 0 Å². The third-order valence-electron chi connectivity index (χ3n) is 5.55. The van der Waals surface area contributed by atoms with Crippen LogP contribution in [0.1, 0.15) is 25.3 Å². The van der Waals surface area contributed by atoms with E-state index in [0.29, 0.717) is 26.4 Å². The molecule has 3 atom stereocenters. The van der Waals surface area contributed by atoms with Gasteiger partial charge < -0.3 is 19.1 Å². The number of methoxy groups -OCH3 is 1. The summed E-state index contributed by atoms with van der Waals surface area (Å²) in [4.78, 5) is 15.0. The third kappa shape index (κ3) is 2.29. The van der Waals surface area contributed by atoms with Crippen molar-refractivity contribution >= 4 is 5.91 Å². The molecule has 0 bridgehead atoms. The Hall–Kier alpha value is -1.75. The van der Waals surface area contributed by atoms with E-state index in [0.717, 1.165) is 29.9 Å². The van der Waals surface area contributed by atoms with Crippen LogP contribution in [-0.4, -0.2) is 50.3 Å². The van der Waals surface area contributed by atoms with Crippen molar-refractivity contribution in [2.75, 3.05) is 33.5 Å². The first-order valence-corrected chi connectivity index (χ1v) is 8.35. The number of hydrogen-bond acceptors (Lipinski definition) is 4. The highest BCUT2D eigenvalue weighted by Crippen LogP contribution is 2.61. The van der Waals surface area contributed by atoms with Gasteiger partial charge in [0.1, 0.15) is 11.5 Å². The van der Waals surface area contributed by atoms with E-state index in [-0.39, 0.29) is 23.3 Å². The molecule has 2 aliphatic heterocycles. The number of amides is 1. The average molecular weight is 317 g/mol. The summed E-state index contributed by atoms with van der Waals surface area (Å²) in [5.41, 5.74) is 1.08. The minimum atomic E-state index is -0.0583. The van der Waals surface area contributed by atoms with Gasteiger partial charge in [0.2, 0.25) is 5.91 Å². The van der Waals surface area contributed by atoms with Crippen molar-refractivity contribution in [3.8, 4) is 11.5 Å². The molecule has 124 valence electrons. The van der Waals surface area contributed by atoms with Crippen molar-refractivity contribution in [3.05, 3.63) is 23.8 Å². The predicted octanol–water partition coefficient (Wildman–Crippen LogP) is 1.98. The fourth-order valence-electron chi connectivity index (χ4n) is 4.09. The first kappa shape index (κ1) is 14.8. The lowest BCUT2D eigenvalue weighted by molar-refractivity contribution is -0.141. The van der Waals surface area contributed by atoms with Gasteiger partial charge in [-0.1, -0.05) is 0 Å². The van der Waals surface area contributed by atoms with Gasteiger partial charge in [-0.25, -0.2) is 0 Å². The maximum atomic E-state index is 13.0. The van der Waals surface area contributed by atoms with Crippen LogP contribution in [-0.2, 0) is 14.9 Å². The summed E-state index contributed by atoms with van der Waals surface area (Å²) in [5, 5.41) is 0. The van der Waals surface area contributed by atoms with Gasteiger partial charge in [0.25, 0.3) is 0 Å². The minimum absolute atomic E-state index is 0.0583. The van der Waals surface area contributed by atoms with E-state index in [4.69, 9.17) is 14.2 Å². The van der Waals surface area contributed by atoms with Crippen LogP contribution in [0.15, 0.2) is 18.2 Å². The lowest BCUT2D eigenvalue weighted by atomic mass is 9.87. The Labute approximate surface area is 136 Å². The molecule has 1 saturated heterocycles. The Morgan fingerprint density at radius 3 is 3.04 bits per heavy atom. The molecule has 4 rings (SSSR count). The molecule has 3 aliphatic rings. The van der Waals surface area contributed by atoms with Gasteiger partial charge in [-0.3, -0.25) is 4.79 Å². The topological polar surface area (TPSA) is 48.0 Å². The first-order chi connectivity index (χ1) is 11.2. The molecule has 1 aromatic carbocycles. The largest absolute Gasteiger partial charge is 0.497 e. The molecule has 5 nitrogen and oxygen atoms in total. The zero-order valence-electron chi connectivity index (χ0n) is 13.7. The molecule has 1 amide bonds. The average Bonchev–Trinajstić information content (AvgIpc) is 3.29. The molecule has 23 heavy (non-hydrogen) atoms. The number of nitrogens with zero attached hydrogens (tertiary/aromatic N) is 1. The van der Waals surface area contributed by atoms with Gasteiger partial charge in [0.05, 0.1) is 33.0 Å². The van der Waals surface area contributed by atoms with E-state index < -0.39 is 0 Å². The van der Waals surface area contributed by atoms with Crippen LogP contribution in [0.4, 0.5) is 0 Å². The van der Waals surface area contributed by atoms with Gasteiger partial charge in [-0.2, -0.15) is 0 Å². The van der Waals surface area contributed by atoms with E-state index >= 15 is 0 Å². The fourth-order valence-corrected chi connectivity index (χ4v) is 4.09. The van der Waals surface area contributed by atoms with Crippen molar-refractivity contribution in [1.29, 1.82) is 0 Å². The number of carbonyl (C=O) groups is 1. The van der Waals surface area contributed by atoms with Gasteiger partial charge in [-0.05, 0) is 38.0 Å². The summed E-state index contributed by atoms with van der Waals surface area (Å²) in [6.07, 6.45) is 1.82. The molecule has 2 fully saturated rings. The normalized spacial score (nSPS) is 32.2. The Kier molecular flexibility index (Phi) is 3.48. The third-order valence-corrected chi connectivity index (χ3v) is 5.55. The van der Waals surface area contributed by atoms with Crippen molar-refractivity contribution in [2.45, 2.75) is 31.2 Å². The van der Waals surface area contributed by atoms with E-state index in [1.54, 1.807) is 7.11 Å². The summed E-state index contributed by atoms with van der Waals surface area (Å²) in [6.45, 7) is 4.73. The predicted molar refractivity (Wildman–Crippen MR) is 84.9 cm³/mol. The molecule has 0 unspecified atom stereocenters. The molecule has 0 aromatic heterocycles. The van der Waals surface area contributed by atoms with E-state index in [9.17, 15) is 4.79 Å². The maximum Gasteiger partial charge on any atom is 0.227 e. The summed E-state index contributed by atoms with van der Waals surface area (Å²) < 4.78 is 16.6. The molecule has 0 radical (unpaired) electrons. The number of benzene rings is 1. The van der Waals surface area contributed by atoms with Gasteiger partial charge in [0, 0.05) is 23.4 Å². The number of ether oxygens (including phenoxy) is 3. The zero-order valence-corrected chi connectivity index (χ0v) is 13.7. The number of hydrogen-bond donors (Lipinski definition) is 0. The second-order valence-electron chi connectivity index (χ2n) is 6.83. The summed E-state index contributed by atoms with van der Waals surface area (Å²) in [6, 6.07) is 6.09. The molecule has 1 aromatic rings. The molecular weight excluding hydrogens is 294 g/mol. The number of morpholine rings is 1. The Bertz CT molecular complexity index is 631. The smallest absolute Gasteiger partial charge is 0.227 e. The van der Waals surface area contributed by atoms with Gasteiger partial charge >= 0.3 is 0 Å². The molecule has 0 N–H and O–H groups in total. The Morgan fingerprint density at radius 1 is 1.39 bits per heavy atom. The zero-order chi connectivity index (χ0) is 16.0. The summed E-state index contributed by atoms with van der Waals surface area (Å²) in [7, 11) is 1.67. The number of rotatable bonds is 2. The van der Waals surface area contributed by atoms with Crippen molar-refractivity contribution in [3.63, 3.8) is 0 Å². The highest BCUT2D eigenvalue weighted by Gasteiger charge is 2.62. The molecule has 1 spiro atoms. The van der Waals surface area contributed by atoms with Gasteiger partial charge in [-0.15, -0.1) is 0 Å². The second-order valence-corrected chi connectivity index (χ2v) is 6.83. The Morgan fingerprint density at radius 2 is 2.26 bits per heavy atom. The standard InChI is InChI=1S/C18H23NO4/c1-12-11-22-8-6-19(12)17(20)15-10-18(15)5-7-23-16-4-3-13(21-2)9-14(16)18/h3-4,9,12,15H,5-8,10-11H2,1-2H3/t12-,15-,18-/m1/s1. The van der Waals surface area contributed by atoms with Crippen LogP contribution in [0, 0.1) is 5.92 Å². The van der Waals surface area contributed by atoms with Crippen molar-refractivity contribution in [1.82, 2.24) is 4.90 Å². The van der Waals surface area contributed by atoms with E-state index in [1.165, 1.54) is 0 Å². The van der Waals surface area contributed by atoms with E-state index in [1.807, 2.05) is 23.1 Å². The lowest BCUT2D eigenvalue weighted by Gasteiger charge is -2.35. The molecular formula is C18H23NO4. The van der Waals surface area contributed by atoms with Crippen LogP contribution in [0.2, 0.25) is 0 Å². The lowest BCUT2D eigenvalue weighted by Crippen LogP contribution is -2.48. The quantitative estimate of drug-likeness (QED) is 0.837. The van der Waals surface area contributed by atoms with Crippen LogP contribution in [0.25, 0.3) is 0 Å². The first-order valence-electron chi connectivity index (χ1n) is 8.35. The second kappa shape index (κ2) is 5.41. The molecule has 1 aliphatic carbocycles. The maximum absolute atomic E-state index is 13.0. The van der Waals surface area contributed by atoms with E-state index in [2.05, 4.69) is 6.92 Å². The van der Waals surface area contributed by atoms with Crippen LogP contribution >= 0.6 is 0 Å². The number of fused-ring (bicyclic) bond motifs is 2. The summed E-state index contributed by atoms with van der Waals surface area (Å²) in [5.74, 6) is 2.07. The highest BCUT2D eigenvalue weighted by molar-refractivity contribution is 5.85. The SMILES string of the molecule is COc1ccc2c(c1)[C@@]1(CCO2)C[C@@H]1C(=O)N1CCOC[C@H]1C.